The van der Waals surface area contributed by atoms with Crippen molar-refractivity contribution < 1.29 is 14.6 Å². The van der Waals surface area contributed by atoms with Gasteiger partial charge in [-0.25, -0.2) is 0 Å². The fourth-order valence-corrected chi connectivity index (χ4v) is 2.20. The second kappa shape index (κ2) is 3.32. The minimum absolute atomic E-state index is 0.0618. The van der Waals surface area contributed by atoms with Crippen LogP contribution in [0.4, 0.5) is 0 Å². The Morgan fingerprint density at radius 2 is 2.33 bits per heavy atom. The molecule has 2 aliphatic rings. The van der Waals surface area contributed by atoms with Gasteiger partial charge in [0.15, 0.2) is 0 Å². The van der Waals surface area contributed by atoms with Crippen molar-refractivity contribution in [2.45, 2.75) is 25.4 Å². The first kappa shape index (κ1) is 8.48. The predicted molar refractivity (Wildman–Crippen MR) is 43.9 cm³/mol. The minimum Gasteiger partial charge on any atom is -0.394 e. The summed E-state index contributed by atoms with van der Waals surface area (Å²) < 4.78 is 10.9. The van der Waals surface area contributed by atoms with Gasteiger partial charge in [0.2, 0.25) is 0 Å². The molecule has 0 amide bonds. The van der Waals surface area contributed by atoms with Gasteiger partial charge < -0.3 is 14.6 Å². The minimum atomic E-state index is 0.0618. The Morgan fingerprint density at radius 3 is 2.92 bits per heavy atom. The average Bonchev–Trinajstić information content (AvgIpc) is 2.50. The van der Waals surface area contributed by atoms with E-state index in [0.29, 0.717) is 0 Å². The van der Waals surface area contributed by atoms with E-state index in [1.807, 2.05) is 0 Å². The lowest BCUT2D eigenvalue weighted by Crippen LogP contribution is -2.32. The fraction of sp³-hybridized carbons (Fsp3) is 1.00. The number of hydrogen-bond acceptors (Lipinski definition) is 3. The van der Waals surface area contributed by atoms with Gasteiger partial charge in [0.25, 0.3) is 0 Å². The van der Waals surface area contributed by atoms with Crippen LogP contribution in [-0.2, 0) is 9.47 Å². The molecule has 0 radical (unpaired) electrons. The molecule has 3 nitrogen and oxygen atoms in total. The Bertz CT molecular complexity index is 152. The highest BCUT2D eigenvalue weighted by atomic mass is 16.5. The van der Waals surface area contributed by atoms with Gasteiger partial charge in [-0.1, -0.05) is 0 Å². The van der Waals surface area contributed by atoms with E-state index in [4.69, 9.17) is 14.6 Å². The van der Waals surface area contributed by atoms with E-state index in [0.717, 1.165) is 32.7 Å². The molecule has 1 N–H and O–H groups in total. The van der Waals surface area contributed by atoms with Crippen LogP contribution in [0.3, 0.4) is 0 Å². The number of hydrogen-bond donors (Lipinski definition) is 1. The molecule has 2 rings (SSSR count). The van der Waals surface area contributed by atoms with E-state index in [-0.39, 0.29) is 18.1 Å². The highest BCUT2D eigenvalue weighted by Crippen LogP contribution is 2.39. The van der Waals surface area contributed by atoms with Gasteiger partial charge in [0, 0.05) is 12.0 Å². The molecule has 2 fully saturated rings. The molecule has 0 aromatic heterocycles. The lowest BCUT2D eigenvalue weighted by Gasteiger charge is -2.31. The van der Waals surface area contributed by atoms with Gasteiger partial charge in [-0.2, -0.15) is 0 Å². The van der Waals surface area contributed by atoms with Crippen molar-refractivity contribution in [3.05, 3.63) is 0 Å². The maximum Gasteiger partial charge on any atom is 0.0813 e. The molecular weight excluding hydrogens is 156 g/mol. The van der Waals surface area contributed by atoms with Gasteiger partial charge in [-0.05, 0) is 19.3 Å². The van der Waals surface area contributed by atoms with E-state index >= 15 is 0 Å². The Morgan fingerprint density at radius 1 is 1.42 bits per heavy atom. The molecule has 0 aromatic rings. The number of rotatable bonds is 1. The Labute approximate surface area is 72.7 Å². The highest BCUT2D eigenvalue weighted by molar-refractivity contribution is 4.89. The first-order chi connectivity index (χ1) is 5.85. The van der Waals surface area contributed by atoms with Crippen molar-refractivity contribution in [1.29, 1.82) is 0 Å². The third kappa shape index (κ3) is 1.49. The van der Waals surface area contributed by atoms with Crippen molar-refractivity contribution >= 4 is 0 Å². The first-order valence-corrected chi connectivity index (χ1v) is 4.65. The molecule has 1 spiro atoms. The zero-order chi connectivity index (χ0) is 8.44. The van der Waals surface area contributed by atoms with Gasteiger partial charge in [-0.15, -0.1) is 0 Å². The third-order valence-corrected chi connectivity index (χ3v) is 2.89. The second-order valence-corrected chi connectivity index (χ2v) is 3.98. The highest BCUT2D eigenvalue weighted by Gasteiger charge is 2.41. The van der Waals surface area contributed by atoms with Crippen molar-refractivity contribution in [1.82, 2.24) is 0 Å². The van der Waals surface area contributed by atoms with Crippen LogP contribution in [0, 0.1) is 5.41 Å². The molecular formula is C9H16O3. The standard InChI is InChI=1S/C9H16O3/c10-5-8-4-9(7-12-8)2-1-3-11-6-9/h8,10H,1-7H2/t8-,9+/m0/s1. The summed E-state index contributed by atoms with van der Waals surface area (Å²) in [7, 11) is 0. The van der Waals surface area contributed by atoms with Crippen molar-refractivity contribution in [3.8, 4) is 0 Å². The van der Waals surface area contributed by atoms with Crippen molar-refractivity contribution in [2.75, 3.05) is 26.4 Å². The second-order valence-electron chi connectivity index (χ2n) is 3.98. The molecule has 2 heterocycles. The largest absolute Gasteiger partial charge is 0.394 e. The van der Waals surface area contributed by atoms with Crippen LogP contribution in [0.2, 0.25) is 0 Å². The van der Waals surface area contributed by atoms with E-state index in [1.54, 1.807) is 0 Å². The quantitative estimate of drug-likeness (QED) is 0.628. The van der Waals surface area contributed by atoms with Gasteiger partial charge in [-0.3, -0.25) is 0 Å². The summed E-state index contributed by atoms with van der Waals surface area (Å²) in [5, 5.41) is 8.91. The molecule has 3 heteroatoms. The predicted octanol–water partition coefficient (Wildman–Crippen LogP) is 0.564. The molecule has 0 aliphatic carbocycles. The van der Waals surface area contributed by atoms with Crippen molar-refractivity contribution in [3.63, 3.8) is 0 Å². The molecule has 2 aliphatic heterocycles. The van der Waals surface area contributed by atoms with Crippen molar-refractivity contribution in [2.24, 2.45) is 5.41 Å². The molecule has 70 valence electrons. The number of aliphatic hydroxyl groups excluding tert-OH is 1. The number of ether oxygens (including phenoxy) is 2. The van der Waals surface area contributed by atoms with E-state index < -0.39 is 0 Å². The topological polar surface area (TPSA) is 38.7 Å². The zero-order valence-corrected chi connectivity index (χ0v) is 7.29. The van der Waals surface area contributed by atoms with Crippen LogP contribution in [0.1, 0.15) is 19.3 Å². The lowest BCUT2D eigenvalue weighted by molar-refractivity contribution is -0.0148. The maximum atomic E-state index is 8.91. The van der Waals surface area contributed by atoms with Gasteiger partial charge >= 0.3 is 0 Å². The summed E-state index contributed by atoms with van der Waals surface area (Å²) in [5.41, 5.74) is 0.242. The van der Waals surface area contributed by atoms with Crippen LogP contribution in [0.5, 0.6) is 0 Å². The van der Waals surface area contributed by atoms with Crippen LogP contribution in [0.15, 0.2) is 0 Å². The normalized spacial score (nSPS) is 42.2. The molecule has 0 bridgehead atoms. The van der Waals surface area contributed by atoms with Crippen LogP contribution in [0.25, 0.3) is 0 Å². The van der Waals surface area contributed by atoms with Crippen LogP contribution in [-0.4, -0.2) is 37.6 Å². The summed E-state index contributed by atoms with van der Waals surface area (Å²) in [4.78, 5) is 0. The smallest absolute Gasteiger partial charge is 0.0813 e. The zero-order valence-electron chi connectivity index (χ0n) is 7.29. The Balaban J connectivity index is 1.94. The molecule has 12 heavy (non-hydrogen) atoms. The third-order valence-electron chi connectivity index (χ3n) is 2.89. The molecule has 2 saturated heterocycles. The lowest BCUT2D eigenvalue weighted by atomic mass is 9.81. The van der Waals surface area contributed by atoms with Crippen LogP contribution >= 0.6 is 0 Å². The summed E-state index contributed by atoms with van der Waals surface area (Å²) in [6.07, 6.45) is 3.38. The maximum absolute atomic E-state index is 8.91. The molecule has 2 atom stereocenters. The summed E-state index contributed by atoms with van der Waals surface area (Å²) in [6.45, 7) is 2.65. The summed E-state index contributed by atoms with van der Waals surface area (Å²) in [5.74, 6) is 0. The van der Waals surface area contributed by atoms with E-state index in [2.05, 4.69) is 0 Å². The van der Waals surface area contributed by atoms with E-state index in [9.17, 15) is 0 Å². The summed E-state index contributed by atoms with van der Waals surface area (Å²) >= 11 is 0. The fourth-order valence-electron chi connectivity index (χ4n) is 2.20. The molecule has 0 saturated carbocycles. The number of aliphatic hydroxyl groups is 1. The Hall–Kier alpha value is -0.120. The Kier molecular flexibility index (Phi) is 2.35. The van der Waals surface area contributed by atoms with Gasteiger partial charge in [0.1, 0.15) is 0 Å². The van der Waals surface area contributed by atoms with Gasteiger partial charge in [0.05, 0.1) is 25.9 Å². The average molecular weight is 172 g/mol. The van der Waals surface area contributed by atoms with E-state index in [1.165, 1.54) is 6.42 Å². The SMILES string of the molecule is OC[C@@H]1C[C@@]2(CCCOC2)CO1. The first-order valence-electron chi connectivity index (χ1n) is 4.65. The monoisotopic (exact) mass is 172 g/mol. The molecule has 0 unspecified atom stereocenters. The summed E-state index contributed by atoms with van der Waals surface area (Å²) in [6, 6.07) is 0. The van der Waals surface area contributed by atoms with Crippen LogP contribution < -0.4 is 0 Å². The molecule has 0 aromatic carbocycles.